The predicted octanol–water partition coefficient (Wildman–Crippen LogP) is 2.45. The second-order valence-corrected chi connectivity index (χ2v) is 4.69. The van der Waals surface area contributed by atoms with Crippen molar-refractivity contribution in [2.75, 3.05) is 12.4 Å². The largest absolute Gasteiger partial charge is 0.508 e. The van der Waals surface area contributed by atoms with Crippen molar-refractivity contribution < 1.29 is 14.6 Å². The lowest BCUT2D eigenvalue weighted by Gasteiger charge is -2.22. The number of methoxy groups -OCH3 is 1. The van der Waals surface area contributed by atoms with Gasteiger partial charge in [-0.1, -0.05) is 0 Å². The van der Waals surface area contributed by atoms with Gasteiger partial charge >= 0.3 is 0 Å². The lowest BCUT2D eigenvalue weighted by molar-refractivity contribution is -0.121. The molecule has 0 radical (unpaired) electrons. The van der Waals surface area contributed by atoms with Crippen molar-refractivity contribution in [3.8, 4) is 5.75 Å². The number of ether oxygens (including phenoxy) is 1. The fourth-order valence-electron chi connectivity index (χ4n) is 1.44. The molecule has 0 spiro atoms. The molecule has 0 aromatic heterocycles. The van der Waals surface area contributed by atoms with Crippen LogP contribution in [0.4, 0.5) is 5.69 Å². The third kappa shape index (κ3) is 4.07. The topological polar surface area (TPSA) is 58.6 Å². The van der Waals surface area contributed by atoms with E-state index in [0.717, 1.165) is 5.56 Å². The van der Waals surface area contributed by atoms with E-state index in [-0.39, 0.29) is 18.1 Å². The second kappa shape index (κ2) is 5.19. The molecule has 0 heterocycles. The van der Waals surface area contributed by atoms with Crippen molar-refractivity contribution in [1.29, 1.82) is 0 Å². The van der Waals surface area contributed by atoms with Gasteiger partial charge in [0.05, 0.1) is 12.0 Å². The molecule has 4 nitrogen and oxygen atoms in total. The van der Waals surface area contributed by atoms with Crippen LogP contribution in [0, 0.1) is 6.92 Å². The molecule has 0 unspecified atom stereocenters. The Morgan fingerprint density at radius 1 is 1.47 bits per heavy atom. The molecule has 94 valence electrons. The minimum Gasteiger partial charge on any atom is -0.508 e. The SMILES string of the molecule is COC(C)(C)CC(=O)Nc1ccc(O)cc1C. The summed E-state index contributed by atoms with van der Waals surface area (Å²) in [6.07, 6.45) is 0.282. The van der Waals surface area contributed by atoms with E-state index in [9.17, 15) is 9.90 Å². The molecule has 1 rings (SSSR count). The molecule has 4 heteroatoms. The Labute approximate surface area is 102 Å². The summed E-state index contributed by atoms with van der Waals surface area (Å²) in [5.41, 5.74) is 1.06. The number of nitrogens with one attached hydrogen (secondary N) is 1. The highest BCUT2D eigenvalue weighted by atomic mass is 16.5. The first-order valence-corrected chi connectivity index (χ1v) is 5.49. The van der Waals surface area contributed by atoms with E-state index < -0.39 is 5.60 Å². The van der Waals surface area contributed by atoms with Crippen LogP contribution in [-0.2, 0) is 9.53 Å². The van der Waals surface area contributed by atoms with Crippen molar-refractivity contribution in [1.82, 2.24) is 0 Å². The number of anilines is 1. The van der Waals surface area contributed by atoms with Gasteiger partial charge in [-0.3, -0.25) is 4.79 Å². The number of benzene rings is 1. The first-order valence-electron chi connectivity index (χ1n) is 5.49. The summed E-state index contributed by atoms with van der Waals surface area (Å²) in [5.74, 6) is 0.0864. The van der Waals surface area contributed by atoms with Crippen LogP contribution in [-0.4, -0.2) is 23.7 Å². The quantitative estimate of drug-likeness (QED) is 0.791. The molecule has 0 saturated heterocycles. The van der Waals surface area contributed by atoms with Gasteiger partial charge in [0, 0.05) is 12.8 Å². The van der Waals surface area contributed by atoms with E-state index in [2.05, 4.69) is 5.32 Å². The van der Waals surface area contributed by atoms with Gasteiger partial charge in [0.2, 0.25) is 5.91 Å². The van der Waals surface area contributed by atoms with Gasteiger partial charge in [-0.2, -0.15) is 0 Å². The highest BCUT2D eigenvalue weighted by Crippen LogP contribution is 2.21. The van der Waals surface area contributed by atoms with Gasteiger partial charge in [0.15, 0.2) is 0 Å². The van der Waals surface area contributed by atoms with Crippen molar-refractivity contribution in [3.05, 3.63) is 23.8 Å². The monoisotopic (exact) mass is 237 g/mol. The van der Waals surface area contributed by atoms with Gasteiger partial charge in [0.25, 0.3) is 0 Å². The van der Waals surface area contributed by atoms with Gasteiger partial charge in [-0.25, -0.2) is 0 Å². The van der Waals surface area contributed by atoms with Crippen molar-refractivity contribution in [3.63, 3.8) is 0 Å². The molecule has 0 bridgehead atoms. The first kappa shape index (κ1) is 13.5. The number of rotatable bonds is 4. The Bertz CT molecular complexity index is 413. The molecule has 0 fully saturated rings. The van der Waals surface area contributed by atoms with Gasteiger partial charge in [-0.15, -0.1) is 0 Å². The van der Waals surface area contributed by atoms with Crippen LogP contribution < -0.4 is 5.32 Å². The fourth-order valence-corrected chi connectivity index (χ4v) is 1.44. The minimum atomic E-state index is -0.477. The lowest BCUT2D eigenvalue weighted by atomic mass is 10.0. The van der Waals surface area contributed by atoms with E-state index in [1.165, 1.54) is 0 Å². The number of hydrogen-bond acceptors (Lipinski definition) is 3. The normalized spacial score (nSPS) is 11.3. The van der Waals surface area contributed by atoms with E-state index in [0.29, 0.717) is 5.69 Å². The van der Waals surface area contributed by atoms with Crippen LogP contribution in [0.25, 0.3) is 0 Å². The average Bonchev–Trinajstić information content (AvgIpc) is 2.21. The summed E-state index contributed by atoms with van der Waals surface area (Å²) in [5, 5.41) is 12.1. The van der Waals surface area contributed by atoms with Crippen LogP contribution in [0.1, 0.15) is 25.8 Å². The van der Waals surface area contributed by atoms with Gasteiger partial charge in [-0.05, 0) is 44.5 Å². The van der Waals surface area contributed by atoms with Gasteiger partial charge in [0.1, 0.15) is 5.75 Å². The molecule has 0 atom stereocenters. The van der Waals surface area contributed by atoms with Crippen molar-refractivity contribution >= 4 is 11.6 Å². The molecule has 0 aliphatic rings. The van der Waals surface area contributed by atoms with Gasteiger partial charge < -0.3 is 15.2 Å². The lowest BCUT2D eigenvalue weighted by Crippen LogP contribution is -2.29. The minimum absolute atomic E-state index is 0.106. The number of carbonyl (C=O) groups excluding carboxylic acids is 1. The van der Waals surface area contributed by atoms with Crippen LogP contribution in [0.2, 0.25) is 0 Å². The standard InChI is InChI=1S/C13H19NO3/c1-9-7-10(15)5-6-11(9)14-12(16)8-13(2,3)17-4/h5-7,15H,8H2,1-4H3,(H,14,16). The molecular formula is C13H19NO3. The summed E-state index contributed by atoms with van der Waals surface area (Å²) < 4.78 is 5.19. The molecule has 0 aliphatic carbocycles. The highest BCUT2D eigenvalue weighted by molar-refractivity contribution is 5.92. The van der Waals surface area contributed by atoms with E-state index in [4.69, 9.17) is 4.74 Å². The summed E-state index contributed by atoms with van der Waals surface area (Å²) in [4.78, 5) is 11.8. The summed E-state index contributed by atoms with van der Waals surface area (Å²) in [6, 6.07) is 4.84. The highest BCUT2D eigenvalue weighted by Gasteiger charge is 2.21. The molecule has 0 saturated carbocycles. The zero-order valence-electron chi connectivity index (χ0n) is 10.7. The predicted molar refractivity (Wildman–Crippen MR) is 67.2 cm³/mol. The average molecular weight is 237 g/mol. The summed E-state index contributed by atoms with van der Waals surface area (Å²) >= 11 is 0. The number of aromatic hydroxyl groups is 1. The molecule has 17 heavy (non-hydrogen) atoms. The second-order valence-electron chi connectivity index (χ2n) is 4.69. The van der Waals surface area contributed by atoms with Crippen molar-refractivity contribution in [2.24, 2.45) is 0 Å². The number of phenolic OH excluding ortho intramolecular Hbond substituents is 1. The Hall–Kier alpha value is -1.55. The summed E-state index contributed by atoms with van der Waals surface area (Å²) in [6.45, 7) is 5.54. The Morgan fingerprint density at radius 3 is 2.65 bits per heavy atom. The number of carbonyl (C=O) groups is 1. The molecule has 1 aromatic rings. The van der Waals surface area contributed by atoms with E-state index >= 15 is 0 Å². The number of phenols is 1. The third-order valence-corrected chi connectivity index (χ3v) is 2.62. The number of hydrogen-bond donors (Lipinski definition) is 2. The number of aryl methyl sites for hydroxylation is 1. The van der Waals surface area contributed by atoms with Crippen LogP contribution >= 0.6 is 0 Å². The maximum absolute atomic E-state index is 11.8. The zero-order chi connectivity index (χ0) is 13.1. The summed E-state index contributed by atoms with van der Waals surface area (Å²) in [7, 11) is 1.58. The molecule has 2 N–H and O–H groups in total. The first-order chi connectivity index (χ1) is 7.84. The van der Waals surface area contributed by atoms with E-state index in [1.54, 1.807) is 25.3 Å². The molecular weight excluding hydrogens is 218 g/mol. The number of amides is 1. The Morgan fingerprint density at radius 2 is 2.12 bits per heavy atom. The molecule has 0 aliphatic heterocycles. The van der Waals surface area contributed by atoms with Crippen LogP contribution in [0.3, 0.4) is 0 Å². The molecule has 1 amide bonds. The zero-order valence-corrected chi connectivity index (χ0v) is 10.7. The Balaban J connectivity index is 2.69. The Kier molecular flexibility index (Phi) is 4.12. The smallest absolute Gasteiger partial charge is 0.227 e. The third-order valence-electron chi connectivity index (χ3n) is 2.62. The van der Waals surface area contributed by atoms with E-state index in [1.807, 2.05) is 20.8 Å². The van der Waals surface area contributed by atoms with Crippen LogP contribution in [0.15, 0.2) is 18.2 Å². The fraction of sp³-hybridized carbons (Fsp3) is 0.462. The van der Waals surface area contributed by atoms with Crippen LogP contribution in [0.5, 0.6) is 5.75 Å². The maximum Gasteiger partial charge on any atom is 0.227 e. The van der Waals surface area contributed by atoms with Crippen molar-refractivity contribution in [2.45, 2.75) is 32.8 Å². The molecule has 1 aromatic carbocycles. The maximum atomic E-state index is 11.8.